The lowest BCUT2D eigenvalue weighted by molar-refractivity contribution is -0.130. The zero-order chi connectivity index (χ0) is 18.7. The van der Waals surface area contributed by atoms with Gasteiger partial charge in [-0.3, -0.25) is 19.7 Å². The Morgan fingerprint density at radius 3 is 2.50 bits per heavy atom. The summed E-state index contributed by atoms with van der Waals surface area (Å²) in [7, 11) is 0. The fourth-order valence-electron chi connectivity index (χ4n) is 3.32. The molecule has 2 amide bonds. The topological polar surface area (TPSA) is 82.2 Å². The Bertz CT molecular complexity index is 795. The molecule has 0 aliphatic carbocycles. The van der Waals surface area contributed by atoms with Gasteiger partial charge >= 0.3 is 0 Å². The van der Waals surface area contributed by atoms with E-state index in [0.29, 0.717) is 38.2 Å². The molecule has 1 fully saturated rings. The number of nitrogens with one attached hydrogen (secondary N) is 1. The van der Waals surface area contributed by atoms with Gasteiger partial charge in [0.1, 0.15) is 0 Å². The van der Waals surface area contributed by atoms with Gasteiger partial charge in [-0.2, -0.15) is 5.10 Å². The molecule has 2 aromatic heterocycles. The van der Waals surface area contributed by atoms with Crippen LogP contribution in [0, 0.1) is 20.8 Å². The Kier molecular flexibility index (Phi) is 5.35. The second kappa shape index (κ2) is 7.68. The normalized spacial score (nSPS) is 15.0. The lowest BCUT2D eigenvalue weighted by Crippen LogP contribution is -2.38. The third kappa shape index (κ3) is 3.92. The first-order valence-corrected chi connectivity index (χ1v) is 8.95. The minimum atomic E-state index is -0.0166. The molecule has 26 heavy (non-hydrogen) atoms. The molecule has 7 heteroatoms. The van der Waals surface area contributed by atoms with Crippen LogP contribution in [0.3, 0.4) is 0 Å². The summed E-state index contributed by atoms with van der Waals surface area (Å²) >= 11 is 0. The van der Waals surface area contributed by atoms with Crippen molar-refractivity contribution in [2.75, 3.05) is 26.2 Å². The summed E-state index contributed by atoms with van der Waals surface area (Å²) < 4.78 is 0. The van der Waals surface area contributed by atoms with Crippen LogP contribution in [-0.4, -0.2) is 63.0 Å². The number of carbonyl (C=O) groups is 2. The highest BCUT2D eigenvalue weighted by molar-refractivity contribution is 5.94. The van der Waals surface area contributed by atoms with Crippen molar-refractivity contribution in [3.05, 3.63) is 46.5 Å². The Morgan fingerprint density at radius 1 is 1.08 bits per heavy atom. The van der Waals surface area contributed by atoms with Crippen molar-refractivity contribution in [3.63, 3.8) is 0 Å². The zero-order valence-corrected chi connectivity index (χ0v) is 15.6. The predicted molar refractivity (Wildman–Crippen MR) is 97.8 cm³/mol. The summed E-state index contributed by atoms with van der Waals surface area (Å²) in [4.78, 5) is 33.2. The molecule has 1 aliphatic rings. The van der Waals surface area contributed by atoms with E-state index in [-0.39, 0.29) is 11.8 Å². The van der Waals surface area contributed by atoms with Crippen molar-refractivity contribution >= 4 is 11.8 Å². The molecule has 0 bridgehead atoms. The number of nitrogens with zero attached hydrogens (tertiary/aromatic N) is 4. The van der Waals surface area contributed by atoms with E-state index < -0.39 is 0 Å². The van der Waals surface area contributed by atoms with Crippen LogP contribution in [0.15, 0.2) is 18.5 Å². The highest BCUT2D eigenvalue weighted by Gasteiger charge is 2.24. The summed E-state index contributed by atoms with van der Waals surface area (Å²) in [6.45, 7) is 8.19. The van der Waals surface area contributed by atoms with Crippen LogP contribution < -0.4 is 0 Å². The second-order valence-electron chi connectivity index (χ2n) is 6.87. The summed E-state index contributed by atoms with van der Waals surface area (Å²) in [6, 6.07) is 1.85. The quantitative estimate of drug-likeness (QED) is 0.907. The van der Waals surface area contributed by atoms with Gasteiger partial charge < -0.3 is 9.80 Å². The Balaban J connectivity index is 1.63. The number of amides is 2. The van der Waals surface area contributed by atoms with Crippen LogP contribution in [0.1, 0.15) is 39.3 Å². The predicted octanol–water partition coefficient (Wildman–Crippen LogP) is 1.65. The maximum absolute atomic E-state index is 12.7. The molecule has 1 saturated heterocycles. The summed E-state index contributed by atoms with van der Waals surface area (Å²) in [5.41, 5.74) is 4.35. The first kappa shape index (κ1) is 18.1. The Morgan fingerprint density at radius 2 is 1.81 bits per heavy atom. The van der Waals surface area contributed by atoms with Gasteiger partial charge in [0.05, 0.1) is 17.7 Å². The summed E-state index contributed by atoms with van der Waals surface area (Å²) in [5.74, 6) is 0.0705. The van der Waals surface area contributed by atoms with Gasteiger partial charge in [-0.25, -0.2) is 0 Å². The maximum Gasteiger partial charge on any atom is 0.255 e. The molecule has 0 spiro atoms. The van der Waals surface area contributed by atoms with Gasteiger partial charge in [-0.1, -0.05) is 0 Å². The van der Waals surface area contributed by atoms with Gasteiger partial charge in [-0.15, -0.1) is 0 Å². The first-order valence-electron chi connectivity index (χ1n) is 8.95. The Hall–Kier alpha value is -2.70. The second-order valence-corrected chi connectivity index (χ2v) is 6.87. The van der Waals surface area contributed by atoms with Crippen LogP contribution in [0.4, 0.5) is 0 Å². The molecule has 0 atom stereocenters. The van der Waals surface area contributed by atoms with Gasteiger partial charge in [0, 0.05) is 49.8 Å². The summed E-state index contributed by atoms with van der Waals surface area (Å²) in [6.07, 6.45) is 4.47. The number of carbonyl (C=O) groups excluding carboxylic acids is 2. The van der Waals surface area contributed by atoms with Crippen molar-refractivity contribution in [1.29, 1.82) is 0 Å². The van der Waals surface area contributed by atoms with Gasteiger partial charge in [-0.05, 0) is 38.8 Å². The highest BCUT2D eigenvalue weighted by atomic mass is 16.2. The van der Waals surface area contributed by atoms with Crippen molar-refractivity contribution < 1.29 is 9.59 Å². The molecule has 0 radical (unpaired) electrons. The van der Waals surface area contributed by atoms with E-state index in [1.54, 1.807) is 12.4 Å². The summed E-state index contributed by atoms with van der Waals surface area (Å²) in [5, 5.41) is 7.08. The highest BCUT2D eigenvalue weighted by Crippen LogP contribution is 2.14. The Labute approximate surface area is 153 Å². The van der Waals surface area contributed by atoms with Gasteiger partial charge in [0.2, 0.25) is 5.91 Å². The van der Waals surface area contributed by atoms with Crippen LogP contribution in [0.25, 0.3) is 0 Å². The first-order chi connectivity index (χ1) is 12.5. The molecular formula is C19H25N5O2. The third-order valence-electron chi connectivity index (χ3n) is 4.87. The standard InChI is InChI=1S/C19H25N5O2/c1-13-9-16(12-20-11-13)19(26)24-6-4-5-23(7-8-24)18(25)10-17-14(2)21-22-15(17)3/h9,11-12H,4-8,10H2,1-3H3,(H,21,22). The van der Waals surface area contributed by atoms with Gasteiger partial charge in [0.25, 0.3) is 5.91 Å². The number of aromatic amines is 1. The zero-order valence-electron chi connectivity index (χ0n) is 15.6. The molecule has 2 aromatic rings. The van der Waals surface area contributed by atoms with Crippen LogP contribution >= 0.6 is 0 Å². The smallest absolute Gasteiger partial charge is 0.255 e. The molecule has 1 aliphatic heterocycles. The van der Waals surface area contributed by atoms with Gasteiger partial charge in [0.15, 0.2) is 0 Å². The van der Waals surface area contributed by atoms with Crippen molar-refractivity contribution in [2.24, 2.45) is 0 Å². The van der Waals surface area contributed by atoms with E-state index in [2.05, 4.69) is 15.2 Å². The monoisotopic (exact) mass is 355 g/mol. The lowest BCUT2D eigenvalue weighted by atomic mass is 10.1. The average Bonchev–Trinajstić information content (AvgIpc) is 2.83. The minimum absolute atomic E-state index is 0.0166. The third-order valence-corrected chi connectivity index (χ3v) is 4.87. The molecular weight excluding hydrogens is 330 g/mol. The number of aryl methyl sites for hydroxylation is 3. The van der Waals surface area contributed by atoms with E-state index in [1.807, 2.05) is 36.6 Å². The van der Waals surface area contributed by atoms with E-state index in [1.165, 1.54) is 0 Å². The molecule has 3 heterocycles. The van der Waals surface area contributed by atoms with E-state index in [9.17, 15) is 9.59 Å². The van der Waals surface area contributed by atoms with Crippen LogP contribution in [-0.2, 0) is 11.2 Å². The van der Waals surface area contributed by atoms with Crippen molar-refractivity contribution in [1.82, 2.24) is 25.0 Å². The number of rotatable bonds is 3. The number of H-pyrrole nitrogens is 1. The fourth-order valence-corrected chi connectivity index (χ4v) is 3.32. The number of pyridine rings is 1. The molecule has 0 saturated carbocycles. The molecule has 0 unspecified atom stereocenters. The molecule has 138 valence electrons. The van der Waals surface area contributed by atoms with E-state index in [4.69, 9.17) is 0 Å². The molecule has 0 aromatic carbocycles. The lowest BCUT2D eigenvalue weighted by Gasteiger charge is -2.22. The number of hydrogen-bond donors (Lipinski definition) is 1. The van der Waals surface area contributed by atoms with Crippen molar-refractivity contribution in [2.45, 2.75) is 33.6 Å². The van der Waals surface area contributed by atoms with Crippen LogP contribution in [0.5, 0.6) is 0 Å². The van der Waals surface area contributed by atoms with Crippen molar-refractivity contribution in [3.8, 4) is 0 Å². The molecule has 1 N–H and O–H groups in total. The average molecular weight is 355 g/mol. The SMILES string of the molecule is Cc1cncc(C(=O)N2CCCN(C(=O)Cc3c(C)n[nH]c3C)CC2)c1. The van der Waals surface area contributed by atoms with E-state index >= 15 is 0 Å². The fraction of sp³-hybridized carbons (Fsp3) is 0.474. The minimum Gasteiger partial charge on any atom is -0.341 e. The maximum atomic E-state index is 12.7. The number of hydrogen-bond acceptors (Lipinski definition) is 4. The molecule has 3 rings (SSSR count). The van der Waals surface area contributed by atoms with E-state index in [0.717, 1.165) is 28.9 Å². The number of aromatic nitrogens is 3. The van der Waals surface area contributed by atoms with Crippen LogP contribution in [0.2, 0.25) is 0 Å². The largest absolute Gasteiger partial charge is 0.341 e. The molecule has 7 nitrogen and oxygen atoms in total.